The van der Waals surface area contributed by atoms with Crippen molar-refractivity contribution < 1.29 is 0 Å². The predicted octanol–water partition coefficient (Wildman–Crippen LogP) is 2.50. The maximum atomic E-state index is 5.34. The summed E-state index contributed by atoms with van der Waals surface area (Å²) in [6.07, 6.45) is 5.40. The molecule has 0 amide bonds. The van der Waals surface area contributed by atoms with Gasteiger partial charge in [0.2, 0.25) is 0 Å². The summed E-state index contributed by atoms with van der Waals surface area (Å²) in [5, 5.41) is 3.24. The SMILES string of the molecule is NNc1cc(Nc2ccc(N3CCCCC3)cc2)ncn1. The number of hydrazine groups is 1. The van der Waals surface area contributed by atoms with Crippen LogP contribution in [0.3, 0.4) is 0 Å². The highest BCUT2D eigenvalue weighted by atomic mass is 15.3. The van der Waals surface area contributed by atoms with Gasteiger partial charge in [0.05, 0.1) is 0 Å². The smallest absolute Gasteiger partial charge is 0.145 e. The van der Waals surface area contributed by atoms with Crippen molar-refractivity contribution in [3.8, 4) is 0 Å². The lowest BCUT2D eigenvalue weighted by Crippen LogP contribution is -2.29. The Morgan fingerprint density at radius 1 is 0.952 bits per heavy atom. The first kappa shape index (κ1) is 13.6. The summed E-state index contributed by atoms with van der Waals surface area (Å²) in [4.78, 5) is 10.6. The minimum absolute atomic E-state index is 0.581. The number of hydrogen-bond donors (Lipinski definition) is 3. The lowest BCUT2D eigenvalue weighted by molar-refractivity contribution is 0.578. The summed E-state index contributed by atoms with van der Waals surface area (Å²) in [5.41, 5.74) is 4.79. The normalized spacial score (nSPS) is 14.8. The Morgan fingerprint density at radius 3 is 2.38 bits per heavy atom. The molecule has 0 radical (unpaired) electrons. The van der Waals surface area contributed by atoms with Crippen LogP contribution in [0.15, 0.2) is 36.7 Å². The molecule has 0 aliphatic carbocycles. The van der Waals surface area contributed by atoms with Gasteiger partial charge in [0.1, 0.15) is 18.0 Å². The van der Waals surface area contributed by atoms with Crippen molar-refractivity contribution >= 4 is 23.0 Å². The number of nitrogens with zero attached hydrogens (tertiary/aromatic N) is 3. The van der Waals surface area contributed by atoms with Gasteiger partial charge in [-0.05, 0) is 43.5 Å². The van der Waals surface area contributed by atoms with Gasteiger partial charge in [0.15, 0.2) is 0 Å². The topological polar surface area (TPSA) is 79.1 Å². The second-order valence-corrected chi connectivity index (χ2v) is 5.15. The summed E-state index contributed by atoms with van der Waals surface area (Å²) >= 11 is 0. The highest BCUT2D eigenvalue weighted by molar-refractivity contribution is 5.62. The van der Waals surface area contributed by atoms with Crippen molar-refractivity contribution in [2.24, 2.45) is 5.84 Å². The maximum Gasteiger partial charge on any atom is 0.145 e. The average Bonchev–Trinajstić information content (AvgIpc) is 2.56. The van der Waals surface area contributed by atoms with Crippen LogP contribution in [0, 0.1) is 0 Å². The Balaban J connectivity index is 1.68. The number of aromatic nitrogens is 2. The Morgan fingerprint density at radius 2 is 1.67 bits per heavy atom. The molecule has 21 heavy (non-hydrogen) atoms. The van der Waals surface area contributed by atoms with Crippen molar-refractivity contribution in [2.45, 2.75) is 19.3 Å². The molecule has 2 aromatic rings. The zero-order chi connectivity index (χ0) is 14.5. The van der Waals surface area contributed by atoms with Gasteiger partial charge in [0.25, 0.3) is 0 Å². The van der Waals surface area contributed by atoms with Crippen molar-refractivity contribution in [2.75, 3.05) is 28.7 Å². The van der Waals surface area contributed by atoms with Crippen LogP contribution in [0.25, 0.3) is 0 Å². The van der Waals surface area contributed by atoms with Crippen LogP contribution in [0.1, 0.15) is 19.3 Å². The summed E-state index contributed by atoms with van der Waals surface area (Å²) in [5.74, 6) is 6.63. The minimum Gasteiger partial charge on any atom is -0.372 e. The molecule has 4 N–H and O–H groups in total. The van der Waals surface area contributed by atoms with E-state index in [0.29, 0.717) is 11.6 Å². The van der Waals surface area contributed by atoms with E-state index in [1.165, 1.54) is 31.3 Å². The molecule has 0 bridgehead atoms. The van der Waals surface area contributed by atoms with Gasteiger partial charge in [-0.25, -0.2) is 15.8 Å². The zero-order valence-electron chi connectivity index (χ0n) is 11.9. The Bertz CT molecular complexity index is 577. The molecule has 1 fully saturated rings. The van der Waals surface area contributed by atoms with E-state index in [1.54, 1.807) is 6.07 Å². The molecule has 0 atom stereocenters. The molecule has 6 nitrogen and oxygen atoms in total. The van der Waals surface area contributed by atoms with Crippen molar-refractivity contribution in [3.05, 3.63) is 36.7 Å². The van der Waals surface area contributed by atoms with Gasteiger partial charge in [-0.3, -0.25) is 0 Å². The quantitative estimate of drug-likeness (QED) is 0.591. The highest BCUT2D eigenvalue weighted by Gasteiger charge is 2.10. The number of anilines is 4. The molecule has 2 heterocycles. The first-order chi connectivity index (χ1) is 10.3. The third kappa shape index (κ3) is 3.41. The average molecular weight is 284 g/mol. The second-order valence-electron chi connectivity index (χ2n) is 5.15. The monoisotopic (exact) mass is 284 g/mol. The van der Waals surface area contributed by atoms with E-state index < -0.39 is 0 Å². The fourth-order valence-electron chi connectivity index (χ4n) is 2.56. The second kappa shape index (κ2) is 6.41. The lowest BCUT2D eigenvalue weighted by Gasteiger charge is -2.28. The largest absolute Gasteiger partial charge is 0.372 e. The highest BCUT2D eigenvalue weighted by Crippen LogP contribution is 2.23. The number of nitrogens with one attached hydrogen (secondary N) is 2. The molecule has 3 rings (SSSR count). The first-order valence-electron chi connectivity index (χ1n) is 7.26. The minimum atomic E-state index is 0.581. The first-order valence-corrected chi connectivity index (χ1v) is 7.26. The third-order valence-electron chi connectivity index (χ3n) is 3.68. The van der Waals surface area contributed by atoms with Crippen LogP contribution in [-0.4, -0.2) is 23.1 Å². The Labute approximate surface area is 124 Å². The van der Waals surface area contributed by atoms with Crippen LogP contribution in [-0.2, 0) is 0 Å². The standard InChI is InChI=1S/C15H20N6/c16-20-15-10-14(17-11-18-15)19-12-4-6-13(7-5-12)21-8-2-1-3-9-21/h4-7,10-11H,1-3,8-9,16H2,(H2,17,18,19,20). The van der Waals surface area contributed by atoms with Gasteiger partial charge < -0.3 is 15.6 Å². The molecule has 1 aliphatic heterocycles. The van der Waals surface area contributed by atoms with Crippen LogP contribution in [0.5, 0.6) is 0 Å². The van der Waals surface area contributed by atoms with Gasteiger partial charge in [-0.15, -0.1) is 0 Å². The molecule has 1 aromatic carbocycles. The maximum absolute atomic E-state index is 5.34. The van der Waals surface area contributed by atoms with E-state index in [-0.39, 0.29) is 0 Å². The van der Waals surface area contributed by atoms with Crippen molar-refractivity contribution in [1.29, 1.82) is 0 Å². The van der Waals surface area contributed by atoms with Crippen LogP contribution < -0.4 is 21.5 Å². The third-order valence-corrected chi connectivity index (χ3v) is 3.68. The van der Waals surface area contributed by atoms with Crippen LogP contribution >= 0.6 is 0 Å². The van der Waals surface area contributed by atoms with Crippen molar-refractivity contribution in [3.63, 3.8) is 0 Å². The molecular weight excluding hydrogens is 264 g/mol. The molecule has 1 saturated heterocycles. The van der Waals surface area contributed by atoms with Gasteiger partial charge in [-0.1, -0.05) is 0 Å². The van der Waals surface area contributed by atoms with Crippen LogP contribution in [0.2, 0.25) is 0 Å². The van der Waals surface area contributed by atoms with E-state index in [9.17, 15) is 0 Å². The predicted molar refractivity (Wildman–Crippen MR) is 85.6 cm³/mol. The molecule has 1 aromatic heterocycles. The molecular formula is C15H20N6. The number of hydrogen-bond acceptors (Lipinski definition) is 6. The van der Waals surface area contributed by atoms with E-state index in [1.807, 2.05) is 0 Å². The summed E-state index contributed by atoms with van der Waals surface area (Å²) in [6, 6.07) is 10.2. The van der Waals surface area contributed by atoms with Gasteiger partial charge in [0, 0.05) is 30.5 Å². The number of nitrogen functional groups attached to an aromatic ring is 1. The fraction of sp³-hybridized carbons (Fsp3) is 0.333. The fourth-order valence-corrected chi connectivity index (χ4v) is 2.56. The van der Waals surface area contributed by atoms with E-state index in [2.05, 4.69) is 49.9 Å². The van der Waals surface area contributed by atoms with Gasteiger partial charge in [-0.2, -0.15) is 0 Å². The number of benzene rings is 1. The molecule has 0 unspecified atom stereocenters. The summed E-state index contributed by atoms with van der Waals surface area (Å²) in [6.45, 7) is 2.31. The summed E-state index contributed by atoms with van der Waals surface area (Å²) < 4.78 is 0. The number of piperidine rings is 1. The molecule has 0 spiro atoms. The molecule has 110 valence electrons. The van der Waals surface area contributed by atoms with Crippen molar-refractivity contribution in [1.82, 2.24) is 9.97 Å². The van der Waals surface area contributed by atoms with Crippen LogP contribution in [0.4, 0.5) is 23.0 Å². The molecule has 1 aliphatic rings. The number of rotatable bonds is 4. The Hall–Kier alpha value is -2.34. The zero-order valence-corrected chi connectivity index (χ0v) is 11.9. The Kier molecular flexibility index (Phi) is 4.16. The lowest BCUT2D eigenvalue weighted by atomic mass is 10.1. The van der Waals surface area contributed by atoms with E-state index in [4.69, 9.17) is 5.84 Å². The van der Waals surface area contributed by atoms with E-state index >= 15 is 0 Å². The number of nitrogens with two attached hydrogens (primary N) is 1. The summed E-state index contributed by atoms with van der Waals surface area (Å²) in [7, 11) is 0. The molecule has 6 heteroatoms. The van der Waals surface area contributed by atoms with Gasteiger partial charge >= 0.3 is 0 Å². The molecule has 0 saturated carbocycles. The van der Waals surface area contributed by atoms with E-state index in [0.717, 1.165) is 18.8 Å².